The monoisotopic (exact) mass is 430 g/mol. The van der Waals surface area contributed by atoms with Crippen LogP contribution in [0.5, 0.6) is 5.75 Å². The fourth-order valence-electron chi connectivity index (χ4n) is 4.33. The van der Waals surface area contributed by atoms with E-state index in [1.54, 1.807) is 18.4 Å². The Labute approximate surface area is 183 Å². The van der Waals surface area contributed by atoms with Crippen LogP contribution in [0.4, 0.5) is 5.69 Å². The highest BCUT2D eigenvalue weighted by atomic mass is 32.1. The summed E-state index contributed by atoms with van der Waals surface area (Å²) in [5.74, 6) is 1.13. The van der Waals surface area contributed by atoms with Crippen molar-refractivity contribution in [1.29, 1.82) is 0 Å². The molecule has 7 heteroatoms. The Hall–Kier alpha value is -2.09. The summed E-state index contributed by atoms with van der Waals surface area (Å²) in [6.45, 7) is 6.49. The molecule has 2 aliphatic rings. The number of nitrogens with one attached hydrogen (secondary N) is 1. The van der Waals surface area contributed by atoms with Gasteiger partial charge in [0.15, 0.2) is 6.54 Å². The van der Waals surface area contributed by atoms with E-state index in [9.17, 15) is 4.79 Å². The summed E-state index contributed by atoms with van der Waals surface area (Å²) in [5.41, 5.74) is 1.19. The van der Waals surface area contributed by atoms with Crippen molar-refractivity contribution in [3.63, 3.8) is 0 Å². The van der Waals surface area contributed by atoms with Crippen molar-refractivity contribution in [2.24, 2.45) is 0 Å². The zero-order valence-corrected chi connectivity index (χ0v) is 18.5. The number of hydrogen-bond donors (Lipinski definition) is 1. The smallest absolute Gasteiger partial charge is 0.277 e. The van der Waals surface area contributed by atoms with Gasteiger partial charge in [-0.15, -0.1) is 11.3 Å². The van der Waals surface area contributed by atoms with Crippen LogP contribution in [-0.4, -0.2) is 69.9 Å². The number of rotatable bonds is 8. The van der Waals surface area contributed by atoms with Crippen molar-refractivity contribution in [3.05, 3.63) is 46.7 Å². The lowest BCUT2D eigenvalue weighted by molar-refractivity contribution is -0.908. The van der Waals surface area contributed by atoms with Crippen LogP contribution in [0, 0.1) is 0 Å². The number of carbonyl (C=O) groups excluding carboxylic acids is 1. The van der Waals surface area contributed by atoms with E-state index < -0.39 is 0 Å². The summed E-state index contributed by atoms with van der Waals surface area (Å²) in [6.07, 6.45) is 2.54. The quantitative estimate of drug-likeness (QED) is 0.692. The van der Waals surface area contributed by atoms with Gasteiger partial charge < -0.3 is 24.2 Å². The van der Waals surface area contributed by atoms with Crippen LogP contribution in [0.2, 0.25) is 0 Å². The molecule has 2 fully saturated rings. The summed E-state index contributed by atoms with van der Waals surface area (Å²) >= 11 is 1.77. The second-order valence-electron chi connectivity index (χ2n) is 8.09. The van der Waals surface area contributed by atoms with E-state index in [0.717, 1.165) is 64.5 Å². The topological polar surface area (TPSA) is 46.5 Å². The number of amides is 1. The number of benzene rings is 1. The zero-order chi connectivity index (χ0) is 20.8. The molecule has 1 aromatic heterocycles. The minimum atomic E-state index is 0.258. The number of methoxy groups -OCH3 is 1. The van der Waals surface area contributed by atoms with Crippen LogP contribution in [0.3, 0.4) is 0 Å². The highest BCUT2D eigenvalue weighted by Crippen LogP contribution is 2.20. The number of piperazine rings is 1. The fourth-order valence-corrected chi connectivity index (χ4v) is 5.10. The first-order valence-electron chi connectivity index (χ1n) is 10.9. The summed E-state index contributed by atoms with van der Waals surface area (Å²) in [7, 11) is 1.68. The van der Waals surface area contributed by atoms with E-state index in [1.807, 2.05) is 17.0 Å². The first-order valence-corrected chi connectivity index (χ1v) is 11.7. The van der Waals surface area contributed by atoms with Gasteiger partial charge >= 0.3 is 0 Å². The molecule has 0 aliphatic carbocycles. The maximum atomic E-state index is 13.1. The van der Waals surface area contributed by atoms with Crippen LogP contribution in [0.15, 0.2) is 41.8 Å². The van der Waals surface area contributed by atoms with E-state index in [-0.39, 0.29) is 5.91 Å². The number of carbonyl (C=O) groups is 1. The van der Waals surface area contributed by atoms with Gasteiger partial charge in [-0.3, -0.25) is 4.79 Å². The minimum absolute atomic E-state index is 0.258. The second-order valence-corrected chi connectivity index (χ2v) is 9.12. The molecule has 2 aliphatic heterocycles. The van der Waals surface area contributed by atoms with Gasteiger partial charge in [-0.1, -0.05) is 6.07 Å². The molecule has 0 radical (unpaired) electrons. The van der Waals surface area contributed by atoms with Gasteiger partial charge in [0.1, 0.15) is 24.9 Å². The molecule has 2 atom stereocenters. The molecule has 3 heterocycles. The number of quaternary nitrogens is 1. The molecular weight excluding hydrogens is 398 g/mol. The first kappa shape index (κ1) is 21.2. The average molecular weight is 431 g/mol. The van der Waals surface area contributed by atoms with E-state index >= 15 is 0 Å². The normalized spacial score (nSPS) is 20.4. The van der Waals surface area contributed by atoms with Crippen molar-refractivity contribution in [3.8, 4) is 5.75 Å². The minimum Gasteiger partial charge on any atom is -0.497 e. The predicted octanol–water partition coefficient (Wildman–Crippen LogP) is 1.67. The van der Waals surface area contributed by atoms with E-state index in [0.29, 0.717) is 12.6 Å². The molecule has 0 spiro atoms. The summed E-state index contributed by atoms with van der Waals surface area (Å²) in [4.78, 5) is 20.1. The first-order chi connectivity index (χ1) is 14.7. The lowest BCUT2D eigenvalue weighted by atomic mass is 10.2. The van der Waals surface area contributed by atoms with Gasteiger partial charge in [0.25, 0.3) is 5.91 Å². The molecule has 4 rings (SSSR count). The predicted molar refractivity (Wildman–Crippen MR) is 119 cm³/mol. The van der Waals surface area contributed by atoms with Gasteiger partial charge in [0.05, 0.1) is 12.0 Å². The number of thiophene rings is 1. The molecule has 6 nitrogen and oxygen atoms in total. The van der Waals surface area contributed by atoms with Crippen molar-refractivity contribution < 1.29 is 19.2 Å². The van der Waals surface area contributed by atoms with Gasteiger partial charge in [-0.05, 0) is 48.6 Å². The van der Waals surface area contributed by atoms with Gasteiger partial charge in [-0.25, -0.2) is 0 Å². The van der Waals surface area contributed by atoms with Crippen molar-refractivity contribution >= 4 is 22.9 Å². The molecule has 162 valence electrons. The molecule has 0 saturated carbocycles. The van der Waals surface area contributed by atoms with Gasteiger partial charge in [0.2, 0.25) is 0 Å². The van der Waals surface area contributed by atoms with E-state index in [2.05, 4.69) is 34.5 Å². The van der Waals surface area contributed by atoms with Crippen molar-refractivity contribution in [2.75, 3.05) is 57.9 Å². The summed E-state index contributed by atoms with van der Waals surface area (Å²) < 4.78 is 11.1. The number of nitrogens with zero attached hydrogens (tertiary/aromatic N) is 2. The Kier molecular flexibility index (Phi) is 7.25. The van der Waals surface area contributed by atoms with Crippen molar-refractivity contribution in [2.45, 2.75) is 25.5 Å². The Morgan fingerprint density at radius 3 is 2.63 bits per heavy atom. The molecule has 1 N–H and O–H groups in total. The largest absolute Gasteiger partial charge is 0.497 e. The van der Waals surface area contributed by atoms with E-state index in [4.69, 9.17) is 9.47 Å². The molecule has 0 bridgehead atoms. The third-order valence-electron chi connectivity index (χ3n) is 6.02. The number of anilines is 1. The van der Waals surface area contributed by atoms with E-state index in [1.165, 1.54) is 15.5 Å². The Morgan fingerprint density at radius 2 is 2.00 bits per heavy atom. The molecule has 30 heavy (non-hydrogen) atoms. The molecule has 2 saturated heterocycles. The van der Waals surface area contributed by atoms with Crippen LogP contribution in [-0.2, 0) is 16.1 Å². The third-order valence-corrected chi connectivity index (χ3v) is 6.89. The Balaban J connectivity index is 1.31. The third kappa shape index (κ3) is 5.53. The fraction of sp³-hybridized carbons (Fsp3) is 0.522. The summed E-state index contributed by atoms with van der Waals surface area (Å²) in [5, 5.41) is 2.11. The highest BCUT2D eigenvalue weighted by Gasteiger charge is 2.28. The lowest BCUT2D eigenvalue weighted by Gasteiger charge is -2.36. The summed E-state index contributed by atoms with van der Waals surface area (Å²) in [6, 6.07) is 12.4. The highest BCUT2D eigenvalue weighted by molar-refractivity contribution is 7.09. The van der Waals surface area contributed by atoms with Crippen LogP contribution >= 0.6 is 11.3 Å². The molecule has 1 amide bonds. The second kappa shape index (κ2) is 10.3. The van der Waals surface area contributed by atoms with Crippen LogP contribution in [0.25, 0.3) is 0 Å². The molecule has 1 unspecified atom stereocenters. The standard InChI is InChI=1S/C23H31N3O3S/c1-28-20-8-6-19(7-9-20)25-10-12-26(13-11-25)23(27)18-24(16-21-4-2-14-29-21)17-22-5-3-15-30-22/h3,5-9,15,21H,2,4,10-14,16-18H2,1H3/p+1/t21-/m1/s1. The van der Waals surface area contributed by atoms with Gasteiger partial charge in [-0.2, -0.15) is 0 Å². The van der Waals surface area contributed by atoms with Crippen molar-refractivity contribution in [1.82, 2.24) is 4.90 Å². The number of ether oxygens (including phenoxy) is 2. The maximum Gasteiger partial charge on any atom is 0.277 e. The molecule has 2 aromatic rings. The Morgan fingerprint density at radius 1 is 1.20 bits per heavy atom. The van der Waals surface area contributed by atoms with Crippen LogP contribution in [0.1, 0.15) is 17.7 Å². The van der Waals surface area contributed by atoms with Crippen LogP contribution < -0.4 is 14.5 Å². The Bertz CT molecular complexity index is 783. The number of hydrogen-bond acceptors (Lipinski definition) is 5. The van der Waals surface area contributed by atoms with Gasteiger partial charge in [0, 0.05) is 38.5 Å². The molecular formula is C23H32N3O3S+. The lowest BCUT2D eigenvalue weighted by Crippen LogP contribution is -3.13. The molecule has 1 aromatic carbocycles. The SMILES string of the molecule is COc1ccc(N2CCN(C(=O)C[NH+](Cc3cccs3)C[C@H]3CCCO3)CC2)cc1. The maximum absolute atomic E-state index is 13.1. The zero-order valence-electron chi connectivity index (χ0n) is 17.7. The average Bonchev–Trinajstić information content (AvgIpc) is 3.48.